The third-order valence-corrected chi connectivity index (χ3v) is 3.63. The van der Waals surface area contributed by atoms with Gasteiger partial charge in [-0.15, -0.1) is 0 Å². The SMILES string of the molecule is O=C(CNC(c1ccccc1)C(F)(F)F)Nc1ccc(Br)cc1F. The van der Waals surface area contributed by atoms with Crippen molar-refractivity contribution in [3.05, 3.63) is 64.4 Å². The van der Waals surface area contributed by atoms with Gasteiger partial charge in [0.1, 0.15) is 11.9 Å². The summed E-state index contributed by atoms with van der Waals surface area (Å²) in [6.45, 7) is -0.616. The quantitative estimate of drug-likeness (QED) is 0.724. The van der Waals surface area contributed by atoms with Crippen LogP contribution in [0.4, 0.5) is 23.2 Å². The maximum absolute atomic E-state index is 13.6. The van der Waals surface area contributed by atoms with Gasteiger partial charge in [-0.2, -0.15) is 13.2 Å². The minimum Gasteiger partial charge on any atom is -0.322 e. The van der Waals surface area contributed by atoms with Gasteiger partial charge in [0.05, 0.1) is 12.2 Å². The van der Waals surface area contributed by atoms with Crippen LogP contribution in [-0.2, 0) is 4.79 Å². The van der Waals surface area contributed by atoms with E-state index in [2.05, 4.69) is 26.6 Å². The van der Waals surface area contributed by atoms with Gasteiger partial charge in [0.25, 0.3) is 0 Å². The van der Waals surface area contributed by atoms with E-state index in [1.807, 2.05) is 0 Å². The number of rotatable bonds is 5. The Hall–Kier alpha value is -1.93. The number of alkyl halides is 3. The topological polar surface area (TPSA) is 41.1 Å². The molecule has 128 valence electrons. The fraction of sp³-hybridized carbons (Fsp3) is 0.188. The monoisotopic (exact) mass is 404 g/mol. The van der Waals surface area contributed by atoms with E-state index < -0.39 is 30.5 Å². The van der Waals surface area contributed by atoms with Crippen molar-refractivity contribution in [2.45, 2.75) is 12.2 Å². The van der Waals surface area contributed by atoms with Crippen molar-refractivity contribution in [1.82, 2.24) is 5.32 Å². The van der Waals surface area contributed by atoms with Crippen molar-refractivity contribution in [2.75, 3.05) is 11.9 Å². The molecule has 0 aliphatic heterocycles. The van der Waals surface area contributed by atoms with E-state index in [0.717, 1.165) is 6.07 Å². The summed E-state index contributed by atoms with van der Waals surface area (Å²) in [5, 5.41) is 4.39. The summed E-state index contributed by atoms with van der Waals surface area (Å²) in [5.41, 5.74) is -0.110. The molecule has 2 aromatic carbocycles. The second-order valence-corrected chi connectivity index (χ2v) is 5.85. The Kier molecular flexibility index (Phi) is 5.95. The van der Waals surface area contributed by atoms with Crippen LogP contribution in [0.2, 0.25) is 0 Å². The van der Waals surface area contributed by atoms with Gasteiger partial charge >= 0.3 is 6.18 Å². The Balaban J connectivity index is 2.02. The molecule has 2 aromatic rings. The lowest BCUT2D eigenvalue weighted by Gasteiger charge is -2.22. The molecule has 2 rings (SSSR count). The fourth-order valence-electron chi connectivity index (χ4n) is 2.05. The highest BCUT2D eigenvalue weighted by Gasteiger charge is 2.40. The minimum absolute atomic E-state index is 0.00683. The lowest BCUT2D eigenvalue weighted by molar-refractivity contribution is -0.158. The smallest absolute Gasteiger partial charge is 0.322 e. The van der Waals surface area contributed by atoms with Gasteiger partial charge in [-0.1, -0.05) is 46.3 Å². The highest BCUT2D eigenvalue weighted by Crippen LogP contribution is 2.32. The molecule has 0 saturated heterocycles. The zero-order chi connectivity index (χ0) is 17.7. The normalized spacial score (nSPS) is 12.7. The summed E-state index contributed by atoms with van der Waals surface area (Å²) in [4.78, 5) is 11.8. The molecule has 0 spiro atoms. The molecule has 1 atom stereocenters. The molecule has 0 aromatic heterocycles. The summed E-state index contributed by atoms with van der Waals surface area (Å²) >= 11 is 3.07. The predicted molar refractivity (Wildman–Crippen MR) is 86.0 cm³/mol. The molecule has 0 aliphatic carbocycles. The van der Waals surface area contributed by atoms with E-state index in [-0.39, 0.29) is 11.3 Å². The fourth-order valence-corrected chi connectivity index (χ4v) is 2.38. The van der Waals surface area contributed by atoms with Gasteiger partial charge in [-0.05, 0) is 23.8 Å². The number of hydrogen-bond donors (Lipinski definition) is 2. The zero-order valence-corrected chi connectivity index (χ0v) is 13.8. The summed E-state index contributed by atoms with van der Waals surface area (Å²) in [5.74, 6) is -1.46. The molecular formula is C16H13BrF4N2O. The van der Waals surface area contributed by atoms with Crippen LogP contribution in [0.25, 0.3) is 0 Å². The molecule has 0 heterocycles. The molecule has 0 fully saturated rings. The third-order valence-electron chi connectivity index (χ3n) is 3.13. The molecule has 1 amide bonds. The molecule has 2 N–H and O–H groups in total. The number of amides is 1. The van der Waals surface area contributed by atoms with Crippen LogP contribution in [-0.4, -0.2) is 18.6 Å². The van der Waals surface area contributed by atoms with Crippen molar-refractivity contribution >= 4 is 27.5 Å². The summed E-state index contributed by atoms with van der Waals surface area (Å²) < 4.78 is 53.5. The predicted octanol–water partition coefficient (Wildman–Crippen LogP) is 4.42. The first-order valence-corrected chi connectivity index (χ1v) is 7.66. The van der Waals surface area contributed by atoms with Crippen molar-refractivity contribution in [1.29, 1.82) is 0 Å². The highest BCUT2D eigenvalue weighted by molar-refractivity contribution is 9.10. The lowest BCUT2D eigenvalue weighted by Crippen LogP contribution is -2.38. The third kappa shape index (κ3) is 5.04. The van der Waals surface area contributed by atoms with Gasteiger partial charge in [0.2, 0.25) is 5.91 Å². The van der Waals surface area contributed by atoms with E-state index in [1.54, 1.807) is 6.07 Å². The molecule has 0 radical (unpaired) electrons. The molecule has 24 heavy (non-hydrogen) atoms. The van der Waals surface area contributed by atoms with Gasteiger partial charge in [0.15, 0.2) is 0 Å². The Bertz CT molecular complexity index is 707. The molecule has 3 nitrogen and oxygen atoms in total. The van der Waals surface area contributed by atoms with Gasteiger partial charge in [0, 0.05) is 4.47 Å². The molecule has 0 saturated carbocycles. The Morgan fingerprint density at radius 2 is 1.79 bits per heavy atom. The second kappa shape index (κ2) is 7.76. The van der Waals surface area contributed by atoms with Crippen molar-refractivity contribution < 1.29 is 22.4 Å². The maximum Gasteiger partial charge on any atom is 0.407 e. The molecule has 0 bridgehead atoms. The standard InChI is InChI=1S/C16H13BrF4N2O/c17-11-6-7-13(12(18)8-11)23-14(24)9-22-15(16(19,20)21)10-4-2-1-3-5-10/h1-8,15,22H,9H2,(H,23,24). The first kappa shape index (κ1) is 18.4. The molecule has 1 unspecified atom stereocenters. The van der Waals surface area contributed by atoms with Gasteiger partial charge in [-0.25, -0.2) is 4.39 Å². The number of hydrogen-bond acceptors (Lipinski definition) is 2. The average molecular weight is 405 g/mol. The van der Waals surface area contributed by atoms with Crippen molar-refractivity contribution in [3.63, 3.8) is 0 Å². The number of carbonyl (C=O) groups excluding carboxylic acids is 1. The van der Waals surface area contributed by atoms with E-state index >= 15 is 0 Å². The van der Waals surface area contributed by atoms with Gasteiger partial charge < -0.3 is 5.32 Å². The first-order valence-electron chi connectivity index (χ1n) is 6.87. The van der Waals surface area contributed by atoms with Crippen LogP contribution in [0, 0.1) is 5.82 Å². The highest BCUT2D eigenvalue weighted by atomic mass is 79.9. The van der Waals surface area contributed by atoms with Crippen LogP contribution >= 0.6 is 15.9 Å². The van der Waals surface area contributed by atoms with Crippen LogP contribution in [0.5, 0.6) is 0 Å². The maximum atomic E-state index is 13.6. The van der Waals surface area contributed by atoms with Crippen molar-refractivity contribution in [2.24, 2.45) is 0 Å². The Labute approximate surface area is 144 Å². The number of nitrogens with one attached hydrogen (secondary N) is 2. The van der Waals surface area contributed by atoms with Gasteiger partial charge in [-0.3, -0.25) is 10.1 Å². The Morgan fingerprint density at radius 1 is 1.12 bits per heavy atom. The largest absolute Gasteiger partial charge is 0.407 e. The summed E-state index contributed by atoms with van der Waals surface area (Å²) in [6.07, 6.45) is -4.56. The van der Waals surface area contributed by atoms with Crippen LogP contribution in [0.1, 0.15) is 11.6 Å². The van der Waals surface area contributed by atoms with Crippen LogP contribution in [0.3, 0.4) is 0 Å². The summed E-state index contributed by atoms with van der Waals surface area (Å²) in [7, 11) is 0. The lowest BCUT2D eigenvalue weighted by atomic mass is 10.1. The average Bonchev–Trinajstić information content (AvgIpc) is 2.50. The first-order chi connectivity index (χ1) is 11.3. The number of anilines is 1. The molecular weight excluding hydrogens is 392 g/mol. The minimum atomic E-state index is -4.56. The van der Waals surface area contributed by atoms with E-state index in [4.69, 9.17) is 0 Å². The number of benzene rings is 2. The van der Waals surface area contributed by atoms with E-state index in [1.165, 1.54) is 36.4 Å². The van der Waals surface area contributed by atoms with E-state index in [0.29, 0.717) is 4.47 Å². The second-order valence-electron chi connectivity index (χ2n) is 4.94. The summed E-state index contributed by atoms with van der Waals surface area (Å²) in [6, 6.07) is 9.17. The van der Waals surface area contributed by atoms with E-state index in [9.17, 15) is 22.4 Å². The Morgan fingerprint density at radius 3 is 2.38 bits per heavy atom. The number of halogens is 5. The van der Waals surface area contributed by atoms with Crippen molar-refractivity contribution in [3.8, 4) is 0 Å². The molecule has 8 heteroatoms. The number of carbonyl (C=O) groups is 1. The molecule has 0 aliphatic rings. The van der Waals surface area contributed by atoms with Crippen LogP contribution < -0.4 is 10.6 Å². The zero-order valence-electron chi connectivity index (χ0n) is 12.2. The van der Waals surface area contributed by atoms with Crippen LogP contribution in [0.15, 0.2) is 53.0 Å².